The number of carbonyl (C=O) groups is 2. The number of aromatic amines is 1. The standard InChI is InChI=1S/C8H8N4O3/c1-5-2-6(14)12(7(5)15-4-13)8-9-3-10-11-8/h2-4,7H,1H3,(H,9,10,11). The molecule has 1 unspecified atom stereocenters. The van der Waals surface area contributed by atoms with Gasteiger partial charge in [0, 0.05) is 6.08 Å². The summed E-state index contributed by atoms with van der Waals surface area (Å²) in [5, 5.41) is 6.24. The monoisotopic (exact) mass is 208 g/mol. The van der Waals surface area contributed by atoms with Crippen LogP contribution in [0.15, 0.2) is 18.0 Å². The fraction of sp³-hybridized carbons (Fsp3) is 0.250. The molecule has 78 valence electrons. The molecule has 0 aliphatic carbocycles. The third-order valence-electron chi connectivity index (χ3n) is 2.01. The van der Waals surface area contributed by atoms with Gasteiger partial charge in [0.1, 0.15) is 6.33 Å². The second-order valence-electron chi connectivity index (χ2n) is 2.98. The minimum absolute atomic E-state index is 0.181. The van der Waals surface area contributed by atoms with Crippen LogP contribution < -0.4 is 4.90 Å². The molecule has 0 fully saturated rings. The molecule has 15 heavy (non-hydrogen) atoms. The van der Waals surface area contributed by atoms with E-state index in [1.165, 1.54) is 17.3 Å². The first-order chi connectivity index (χ1) is 7.24. The van der Waals surface area contributed by atoms with Gasteiger partial charge in [-0.25, -0.2) is 9.88 Å². The Morgan fingerprint density at radius 3 is 3.07 bits per heavy atom. The van der Waals surface area contributed by atoms with Crippen LogP contribution in [0.2, 0.25) is 0 Å². The molecule has 1 N–H and O–H groups in total. The highest BCUT2D eigenvalue weighted by molar-refractivity contribution is 6.04. The summed E-state index contributed by atoms with van der Waals surface area (Å²) in [6.07, 6.45) is 1.98. The molecule has 2 rings (SSSR count). The van der Waals surface area contributed by atoms with E-state index in [9.17, 15) is 9.59 Å². The number of amides is 1. The van der Waals surface area contributed by atoms with Crippen LogP contribution in [0.25, 0.3) is 0 Å². The first-order valence-electron chi connectivity index (χ1n) is 4.20. The summed E-state index contributed by atoms with van der Waals surface area (Å²) < 4.78 is 4.78. The third-order valence-corrected chi connectivity index (χ3v) is 2.01. The topological polar surface area (TPSA) is 88.2 Å². The largest absolute Gasteiger partial charge is 0.439 e. The zero-order valence-electron chi connectivity index (χ0n) is 7.88. The maximum absolute atomic E-state index is 11.5. The van der Waals surface area contributed by atoms with E-state index >= 15 is 0 Å². The van der Waals surface area contributed by atoms with Crippen molar-refractivity contribution in [3.8, 4) is 0 Å². The van der Waals surface area contributed by atoms with Crippen molar-refractivity contribution < 1.29 is 14.3 Å². The Morgan fingerprint density at radius 2 is 2.47 bits per heavy atom. The number of aromatic nitrogens is 3. The van der Waals surface area contributed by atoms with E-state index in [0.29, 0.717) is 12.0 Å². The zero-order chi connectivity index (χ0) is 10.8. The van der Waals surface area contributed by atoms with Gasteiger partial charge >= 0.3 is 0 Å². The van der Waals surface area contributed by atoms with E-state index in [-0.39, 0.29) is 11.9 Å². The van der Waals surface area contributed by atoms with Crippen molar-refractivity contribution in [3.05, 3.63) is 18.0 Å². The molecule has 0 aromatic carbocycles. The normalized spacial score (nSPS) is 20.3. The van der Waals surface area contributed by atoms with Crippen molar-refractivity contribution in [1.29, 1.82) is 0 Å². The number of hydrogen-bond acceptors (Lipinski definition) is 5. The van der Waals surface area contributed by atoms with Crippen molar-refractivity contribution in [1.82, 2.24) is 15.2 Å². The Morgan fingerprint density at radius 1 is 1.67 bits per heavy atom. The van der Waals surface area contributed by atoms with Crippen molar-refractivity contribution in [2.75, 3.05) is 4.90 Å². The quantitative estimate of drug-likeness (QED) is 0.682. The predicted molar refractivity (Wildman–Crippen MR) is 48.6 cm³/mol. The number of ether oxygens (including phenoxy) is 1. The minimum Gasteiger partial charge on any atom is -0.439 e. The smallest absolute Gasteiger partial charge is 0.295 e. The molecule has 1 amide bonds. The summed E-state index contributed by atoms with van der Waals surface area (Å²) in [4.78, 5) is 26.8. The summed E-state index contributed by atoms with van der Waals surface area (Å²) in [6.45, 7) is 1.99. The molecule has 1 aliphatic rings. The molecule has 1 aromatic heterocycles. The van der Waals surface area contributed by atoms with Crippen molar-refractivity contribution in [2.45, 2.75) is 13.2 Å². The van der Waals surface area contributed by atoms with Crippen LogP contribution in [-0.2, 0) is 14.3 Å². The van der Waals surface area contributed by atoms with Gasteiger partial charge in [0.2, 0.25) is 6.23 Å². The van der Waals surface area contributed by atoms with Gasteiger partial charge in [-0.3, -0.25) is 14.7 Å². The van der Waals surface area contributed by atoms with Crippen LogP contribution in [0.4, 0.5) is 5.95 Å². The van der Waals surface area contributed by atoms with Gasteiger partial charge in [-0.2, -0.15) is 0 Å². The van der Waals surface area contributed by atoms with E-state index in [1.807, 2.05) is 0 Å². The Hall–Kier alpha value is -2.18. The first kappa shape index (κ1) is 9.38. The van der Waals surface area contributed by atoms with Crippen LogP contribution in [0.1, 0.15) is 6.92 Å². The number of anilines is 1. The van der Waals surface area contributed by atoms with Gasteiger partial charge in [0.05, 0.1) is 0 Å². The van der Waals surface area contributed by atoms with Gasteiger partial charge in [0.15, 0.2) is 0 Å². The fourth-order valence-corrected chi connectivity index (χ4v) is 1.40. The van der Waals surface area contributed by atoms with E-state index < -0.39 is 6.23 Å². The lowest BCUT2D eigenvalue weighted by molar-refractivity contribution is -0.132. The van der Waals surface area contributed by atoms with E-state index in [1.54, 1.807) is 6.92 Å². The molecule has 0 saturated heterocycles. The molecule has 0 saturated carbocycles. The summed E-state index contributed by atoms with van der Waals surface area (Å²) in [6, 6.07) is 0. The number of H-pyrrole nitrogens is 1. The lowest BCUT2D eigenvalue weighted by Gasteiger charge is -2.20. The average Bonchev–Trinajstić information content (AvgIpc) is 2.77. The molecule has 7 nitrogen and oxygen atoms in total. The predicted octanol–water partition coefficient (Wildman–Crippen LogP) is -0.403. The second kappa shape index (κ2) is 3.52. The fourth-order valence-electron chi connectivity index (χ4n) is 1.40. The van der Waals surface area contributed by atoms with Crippen molar-refractivity contribution in [3.63, 3.8) is 0 Å². The highest BCUT2D eigenvalue weighted by Crippen LogP contribution is 2.23. The SMILES string of the molecule is CC1=CC(=O)N(c2nc[nH]n2)C1OC=O. The maximum Gasteiger partial charge on any atom is 0.295 e. The van der Waals surface area contributed by atoms with E-state index in [2.05, 4.69) is 15.2 Å². The van der Waals surface area contributed by atoms with Crippen LogP contribution >= 0.6 is 0 Å². The first-order valence-corrected chi connectivity index (χ1v) is 4.20. The summed E-state index contributed by atoms with van der Waals surface area (Å²) in [5.74, 6) is -0.126. The number of carbonyl (C=O) groups excluding carboxylic acids is 2. The number of rotatable bonds is 3. The molecular weight excluding hydrogens is 200 g/mol. The molecule has 2 heterocycles. The van der Waals surface area contributed by atoms with E-state index in [0.717, 1.165) is 0 Å². The second-order valence-corrected chi connectivity index (χ2v) is 2.98. The van der Waals surface area contributed by atoms with Gasteiger partial charge in [-0.15, -0.1) is 5.10 Å². The molecular formula is C8H8N4O3. The number of nitrogens with one attached hydrogen (secondary N) is 1. The lowest BCUT2D eigenvalue weighted by Crippen LogP contribution is -2.37. The van der Waals surface area contributed by atoms with E-state index in [4.69, 9.17) is 4.74 Å². The van der Waals surface area contributed by atoms with Crippen LogP contribution in [0.5, 0.6) is 0 Å². The summed E-state index contributed by atoms with van der Waals surface area (Å²) >= 11 is 0. The molecule has 1 aliphatic heterocycles. The highest BCUT2D eigenvalue weighted by atomic mass is 16.5. The Bertz CT molecular complexity index is 412. The van der Waals surface area contributed by atoms with Crippen LogP contribution in [0.3, 0.4) is 0 Å². The molecule has 0 bridgehead atoms. The maximum atomic E-state index is 11.5. The Labute approximate surface area is 84.7 Å². The molecule has 1 atom stereocenters. The molecule has 0 radical (unpaired) electrons. The average molecular weight is 208 g/mol. The molecule has 7 heteroatoms. The Balaban J connectivity index is 2.31. The molecule has 0 spiro atoms. The van der Waals surface area contributed by atoms with Crippen LogP contribution in [-0.4, -0.2) is 33.8 Å². The van der Waals surface area contributed by atoms with Crippen LogP contribution in [0, 0.1) is 0 Å². The van der Waals surface area contributed by atoms with Gasteiger partial charge in [-0.05, 0) is 12.5 Å². The van der Waals surface area contributed by atoms with Crippen molar-refractivity contribution >= 4 is 18.3 Å². The lowest BCUT2D eigenvalue weighted by atomic mass is 10.3. The summed E-state index contributed by atoms with van der Waals surface area (Å²) in [5.41, 5.74) is 0.636. The van der Waals surface area contributed by atoms with Gasteiger partial charge < -0.3 is 4.74 Å². The highest BCUT2D eigenvalue weighted by Gasteiger charge is 2.35. The third kappa shape index (κ3) is 1.47. The molecule has 1 aromatic rings. The summed E-state index contributed by atoms with van der Waals surface area (Å²) in [7, 11) is 0. The number of hydrogen-bond donors (Lipinski definition) is 1. The minimum atomic E-state index is -0.745. The Kier molecular flexibility index (Phi) is 2.20. The number of nitrogens with zero attached hydrogens (tertiary/aromatic N) is 3. The van der Waals surface area contributed by atoms with Crippen molar-refractivity contribution in [2.24, 2.45) is 0 Å². The van der Waals surface area contributed by atoms with Gasteiger partial charge in [0.25, 0.3) is 18.3 Å². The zero-order valence-corrected chi connectivity index (χ0v) is 7.88. The van der Waals surface area contributed by atoms with Gasteiger partial charge in [-0.1, -0.05) is 0 Å².